The normalized spacial score (nSPS) is 35.7. The molecule has 0 saturated carbocycles. The molecule has 38 valence electrons. The molecule has 2 rings (SSSR count). The summed E-state index contributed by atoms with van der Waals surface area (Å²) < 4.78 is 6.16. The fourth-order valence-electron chi connectivity index (χ4n) is 0.792. The van der Waals surface area contributed by atoms with Gasteiger partial charge in [0.2, 0.25) is 0 Å². The molecule has 1 saturated heterocycles. The van der Waals surface area contributed by atoms with E-state index in [-0.39, 0.29) is 0 Å². The molecule has 0 aromatic rings. The predicted octanol–water partition coefficient (Wildman–Crippen LogP) is 1.79. The third kappa shape index (κ3) is 0.643. The summed E-state index contributed by atoms with van der Waals surface area (Å²) in [6, 6.07) is 0. The van der Waals surface area contributed by atoms with E-state index >= 15 is 0 Å². The van der Waals surface area contributed by atoms with Crippen LogP contribution in [0.25, 0.3) is 0 Å². The molecule has 2 aliphatic rings. The maximum atomic E-state index is 3.43. The number of rotatable bonds is 0. The lowest BCUT2D eigenvalue weighted by Crippen LogP contribution is -1.76. The van der Waals surface area contributed by atoms with Gasteiger partial charge in [0.05, 0.1) is 0 Å². The summed E-state index contributed by atoms with van der Waals surface area (Å²) >= 11 is -0.409. The highest BCUT2D eigenvalue weighted by Crippen LogP contribution is 2.50. The Hall–Kier alpha value is 0.250. The lowest BCUT2D eigenvalue weighted by molar-refractivity contribution is 1.08. The van der Waals surface area contributed by atoms with Gasteiger partial charge < -0.3 is 0 Å². The lowest BCUT2D eigenvalue weighted by atomic mass is 10.3. The van der Waals surface area contributed by atoms with Gasteiger partial charge in [-0.05, 0) is 12.5 Å². The third-order valence-electron chi connectivity index (χ3n) is 1.32. The Morgan fingerprint density at radius 1 is 1.71 bits per heavy atom. The Balaban J connectivity index is 2.42. The van der Waals surface area contributed by atoms with Gasteiger partial charge in [-0.15, -0.1) is 19.1 Å². The van der Waals surface area contributed by atoms with Crippen LogP contribution in [0.4, 0.5) is 0 Å². The van der Waals surface area contributed by atoms with Gasteiger partial charge in [-0.1, -0.05) is 9.89 Å². The fourth-order valence-corrected chi connectivity index (χ4v) is 5.49. The zero-order valence-electron chi connectivity index (χ0n) is 4.02. The summed E-state index contributed by atoms with van der Waals surface area (Å²) in [6.07, 6.45) is 5.79. The molecule has 1 heteroatoms. The van der Waals surface area contributed by atoms with Gasteiger partial charge in [-0.3, -0.25) is 0 Å². The van der Waals surface area contributed by atoms with E-state index in [9.17, 15) is 0 Å². The lowest BCUT2D eigenvalue weighted by Gasteiger charge is -1.84. The molecule has 0 amide bonds. The zero-order chi connectivity index (χ0) is 4.69. The SMILES string of the molecule is C1#I2C[C@H]2CC=C1. The fraction of sp³-hybridized carbons (Fsp3) is 0.500. The third-order valence-corrected chi connectivity index (χ3v) is 6.43. The first kappa shape index (κ1) is 4.16. The standard InChI is InChI=1S/C6H7I/c1-2-4-7-5-6(7)3-1/h1-2,6H,3,5H2/t6-/m1/s1. The highest BCUT2D eigenvalue weighted by atomic mass is 127. The second kappa shape index (κ2) is 1.36. The molecule has 0 aliphatic carbocycles. The van der Waals surface area contributed by atoms with Crippen LogP contribution < -0.4 is 0 Å². The molecule has 0 spiro atoms. The molecule has 7 heavy (non-hydrogen) atoms. The van der Waals surface area contributed by atoms with Crippen molar-refractivity contribution in [3.05, 3.63) is 12.2 Å². The Labute approximate surface area is 50.1 Å². The minimum absolute atomic E-state index is 0.409. The molecule has 0 aromatic heterocycles. The van der Waals surface area contributed by atoms with Crippen molar-refractivity contribution in [2.45, 2.75) is 10.3 Å². The van der Waals surface area contributed by atoms with Crippen LogP contribution in [0.15, 0.2) is 12.2 Å². The van der Waals surface area contributed by atoms with Crippen molar-refractivity contribution in [2.75, 3.05) is 4.43 Å². The van der Waals surface area contributed by atoms with E-state index in [4.69, 9.17) is 0 Å². The van der Waals surface area contributed by atoms with Crippen molar-refractivity contribution in [2.24, 2.45) is 0 Å². The summed E-state index contributed by atoms with van der Waals surface area (Å²) in [5, 5.41) is 0. The average molecular weight is 206 g/mol. The summed E-state index contributed by atoms with van der Waals surface area (Å²) in [7, 11) is 0. The quantitative estimate of drug-likeness (QED) is 0.418. The van der Waals surface area contributed by atoms with Crippen LogP contribution in [0.2, 0.25) is 0 Å². The van der Waals surface area contributed by atoms with Crippen molar-refractivity contribution in [1.29, 1.82) is 0 Å². The monoisotopic (exact) mass is 206 g/mol. The summed E-state index contributed by atoms with van der Waals surface area (Å²) in [4.78, 5) is 0. The number of halogens is 1. The van der Waals surface area contributed by atoms with Crippen LogP contribution in [-0.2, 0) is 0 Å². The van der Waals surface area contributed by atoms with Crippen LogP contribution in [0.1, 0.15) is 6.42 Å². The second-order valence-corrected chi connectivity index (χ2v) is 7.43. The van der Waals surface area contributed by atoms with E-state index in [0.29, 0.717) is 0 Å². The van der Waals surface area contributed by atoms with Gasteiger partial charge in [-0.25, -0.2) is 0 Å². The van der Waals surface area contributed by atoms with Gasteiger partial charge in [0.1, 0.15) is 0 Å². The van der Waals surface area contributed by atoms with Crippen LogP contribution in [0.5, 0.6) is 0 Å². The predicted molar refractivity (Wildman–Crippen MR) is 40.3 cm³/mol. The van der Waals surface area contributed by atoms with E-state index in [1.54, 1.807) is 4.43 Å². The largest absolute Gasteiger partial charge is 0.122 e. The van der Waals surface area contributed by atoms with Crippen molar-refractivity contribution >= 4 is 19.1 Å². The van der Waals surface area contributed by atoms with Gasteiger partial charge >= 0.3 is 0 Å². The first-order chi connectivity index (χ1) is 3.47. The van der Waals surface area contributed by atoms with Crippen molar-refractivity contribution < 1.29 is 0 Å². The van der Waals surface area contributed by atoms with Crippen LogP contribution in [0.3, 0.4) is 0 Å². The number of allylic oxidation sites excluding steroid dienone is 2. The van der Waals surface area contributed by atoms with E-state index in [1.165, 1.54) is 6.42 Å². The smallest absolute Gasteiger partial charge is 0.0171 e. The Morgan fingerprint density at radius 3 is 3.29 bits per heavy atom. The maximum absolute atomic E-state index is 3.43. The van der Waals surface area contributed by atoms with Crippen LogP contribution >= 0.6 is 19.1 Å². The summed E-state index contributed by atoms with van der Waals surface area (Å²) in [6.45, 7) is 0. The molecule has 0 radical (unpaired) electrons. The molecule has 1 fully saturated rings. The molecular weight excluding hydrogens is 199 g/mol. The van der Waals surface area contributed by atoms with E-state index in [2.05, 4.69) is 16.0 Å². The maximum Gasteiger partial charge on any atom is 0.0171 e. The van der Waals surface area contributed by atoms with Crippen LogP contribution in [-0.4, -0.2) is 8.35 Å². The molecule has 0 nitrogen and oxygen atoms in total. The summed E-state index contributed by atoms with van der Waals surface area (Å²) in [5.74, 6) is 0. The number of alkyl halides is 2. The topological polar surface area (TPSA) is 0 Å². The molecule has 0 unspecified atom stereocenters. The molecule has 2 aliphatic heterocycles. The van der Waals surface area contributed by atoms with Gasteiger partial charge in [0.15, 0.2) is 0 Å². The van der Waals surface area contributed by atoms with Gasteiger partial charge in [0.25, 0.3) is 0 Å². The molecule has 0 bridgehead atoms. The number of hydrogen-bond donors (Lipinski definition) is 0. The summed E-state index contributed by atoms with van der Waals surface area (Å²) in [5.41, 5.74) is 0. The minimum Gasteiger partial charge on any atom is -0.122 e. The minimum atomic E-state index is -0.409. The van der Waals surface area contributed by atoms with Crippen molar-refractivity contribution in [1.82, 2.24) is 0 Å². The molecule has 0 N–H and O–H groups in total. The Kier molecular flexibility index (Phi) is 0.809. The Bertz CT molecular complexity index is 189. The molecule has 2 heterocycles. The molecule has 0 aromatic carbocycles. The highest BCUT2D eigenvalue weighted by molar-refractivity contribution is 14.2. The van der Waals surface area contributed by atoms with Crippen molar-refractivity contribution in [3.8, 4) is 3.81 Å². The molecule has 1 atom stereocenters. The Morgan fingerprint density at radius 2 is 2.71 bits per heavy atom. The zero-order valence-corrected chi connectivity index (χ0v) is 6.18. The molecular formula is C6H7I. The highest BCUT2D eigenvalue weighted by Gasteiger charge is 2.26. The van der Waals surface area contributed by atoms with E-state index in [1.807, 2.05) is 0 Å². The first-order valence-electron chi connectivity index (χ1n) is 2.52. The number of fused-ring (bicyclic) bond motifs is 1. The van der Waals surface area contributed by atoms with Gasteiger partial charge in [-0.2, -0.15) is 0 Å². The average Bonchev–Trinajstić information content (AvgIpc) is 2.41. The van der Waals surface area contributed by atoms with E-state index in [0.717, 1.165) is 3.92 Å². The second-order valence-electron chi connectivity index (χ2n) is 1.90. The first-order valence-corrected chi connectivity index (χ1v) is 6.37. The van der Waals surface area contributed by atoms with Gasteiger partial charge in [0, 0.05) is 8.35 Å². The van der Waals surface area contributed by atoms with Crippen molar-refractivity contribution in [3.63, 3.8) is 0 Å². The van der Waals surface area contributed by atoms with Crippen LogP contribution in [0, 0.1) is 3.81 Å². The number of hydrogen-bond acceptors (Lipinski definition) is 0. The van der Waals surface area contributed by atoms with E-state index < -0.39 is 19.1 Å².